The van der Waals surface area contributed by atoms with Crippen molar-refractivity contribution in [2.45, 2.75) is 13.5 Å². The van der Waals surface area contributed by atoms with Crippen molar-refractivity contribution in [2.75, 3.05) is 6.54 Å². The Morgan fingerprint density at radius 2 is 2.29 bits per heavy atom. The third kappa shape index (κ3) is 2.89. The molecule has 4 nitrogen and oxygen atoms in total. The Morgan fingerprint density at radius 1 is 1.47 bits per heavy atom. The second-order valence-corrected chi connectivity index (χ2v) is 4.39. The minimum atomic E-state index is -0.290. The minimum absolute atomic E-state index is 0.290. The van der Waals surface area contributed by atoms with Crippen LogP contribution in [0.3, 0.4) is 0 Å². The number of hydrogen-bond acceptors (Lipinski definition) is 3. The van der Waals surface area contributed by atoms with Crippen molar-refractivity contribution in [3.8, 4) is 5.69 Å². The van der Waals surface area contributed by atoms with E-state index in [1.807, 2.05) is 13.1 Å². The highest BCUT2D eigenvalue weighted by atomic mass is 79.9. The lowest BCUT2D eigenvalue weighted by Crippen LogP contribution is -2.11. The van der Waals surface area contributed by atoms with Gasteiger partial charge in [-0.05, 0) is 40.7 Å². The second-order valence-electron chi connectivity index (χ2n) is 3.53. The molecule has 2 rings (SSSR count). The third-order valence-corrected chi connectivity index (χ3v) is 2.87. The number of rotatable bonds is 4. The summed E-state index contributed by atoms with van der Waals surface area (Å²) in [5.41, 5.74) is 1.63. The maximum Gasteiger partial charge on any atom is 0.137 e. The van der Waals surface area contributed by atoms with Gasteiger partial charge in [-0.2, -0.15) is 0 Å². The highest BCUT2D eigenvalue weighted by Crippen LogP contribution is 2.18. The van der Waals surface area contributed by atoms with Gasteiger partial charge in [-0.1, -0.05) is 12.1 Å². The first-order valence-corrected chi connectivity index (χ1v) is 6.07. The van der Waals surface area contributed by atoms with E-state index in [4.69, 9.17) is 0 Å². The average molecular weight is 299 g/mol. The standard InChI is InChI=1S/C11H12BrFN4/c1-2-14-6-8-7-17(16-15-8)9-3-4-11(13)10(12)5-9/h3-5,7,14H,2,6H2,1H3. The van der Waals surface area contributed by atoms with Crippen LogP contribution in [0.1, 0.15) is 12.6 Å². The molecule has 90 valence electrons. The van der Waals surface area contributed by atoms with E-state index < -0.39 is 0 Å². The molecule has 1 heterocycles. The molecule has 0 saturated carbocycles. The third-order valence-electron chi connectivity index (χ3n) is 2.26. The van der Waals surface area contributed by atoms with Crippen LogP contribution < -0.4 is 5.32 Å². The van der Waals surface area contributed by atoms with Crippen molar-refractivity contribution in [3.63, 3.8) is 0 Å². The van der Waals surface area contributed by atoms with E-state index in [-0.39, 0.29) is 5.82 Å². The summed E-state index contributed by atoms with van der Waals surface area (Å²) in [6.45, 7) is 3.59. The SMILES string of the molecule is CCNCc1cn(-c2ccc(F)c(Br)c2)nn1. The Hall–Kier alpha value is -1.27. The molecule has 1 aromatic carbocycles. The Kier molecular flexibility index (Phi) is 3.86. The molecule has 0 fully saturated rings. The van der Waals surface area contributed by atoms with Gasteiger partial charge in [0.2, 0.25) is 0 Å². The first-order valence-electron chi connectivity index (χ1n) is 5.28. The Morgan fingerprint density at radius 3 is 3.00 bits per heavy atom. The fourth-order valence-electron chi connectivity index (χ4n) is 1.39. The fourth-order valence-corrected chi connectivity index (χ4v) is 1.75. The van der Waals surface area contributed by atoms with Crippen molar-refractivity contribution in [2.24, 2.45) is 0 Å². The zero-order valence-corrected chi connectivity index (χ0v) is 10.9. The average Bonchev–Trinajstić information content (AvgIpc) is 2.79. The monoisotopic (exact) mass is 298 g/mol. The van der Waals surface area contributed by atoms with Gasteiger partial charge >= 0.3 is 0 Å². The minimum Gasteiger partial charge on any atom is -0.311 e. The zero-order valence-electron chi connectivity index (χ0n) is 9.32. The lowest BCUT2D eigenvalue weighted by atomic mass is 10.3. The highest BCUT2D eigenvalue weighted by Gasteiger charge is 2.05. The molecule has 0 spiro atoms. The van der Waals surface area contributed by atoms with E-state index in [1.54, 1.807) is 16.8 Å². The highest BCUT2D eigenvalue weighted by molar-refractivity contribution is 9.10. The van der Waals surface area contributed by atoms with E-state index in [1.165, 1.54) is 6.07 Å². The molecule has 2 aromatic rings. The van der Waals surface area contributed by atoms with Crippen LogP contribution in [0.5, 0.6) is 0 Å². The summed E-state index contributed by atoms with van der Waals surface area (Å²) in [5, 5.41) is 11.2. The maximum atomic E-state index is 13.1. The van der Waals surface area contributed by atoms with Gasteiger partial charge in [0.1, 0.15) is 5.82 Å². The maximum absolute atomic E-state index is 13.1. The quantitative estimate of drug-likeness (QED) is 0.942. The Balaban J connectivity index is 2.21. The summed E-state index contributed by atoms with van der Waals surface area (Å²) >= 11 is 3.14. The number of nitrogens with zero attached hydrogens (tertiary/aromatic N) is 3. The smallest absolute Gasteiger partial charge is 0.137 e. The van der Waals surface area contributed by atoms with Gasteiger partial charge in [-0.25, -0.2) is 9.07 Å². The predicted molar refractivity (Wildman–Crippen MR) is 66.4 cm³/mol. The summed E-state index contributed by atoms with van der Waals surface area (Å²) in [4.78, 5) is 0. The van der Waals surface area contributed by atoms with E-state index >= 15 is 0 Å². The van der Waals surface area contributed by atoms with Gasteiger partial charge in [0, 0.05) is 6.54 Å². The van der Waals surface area contributed by atoms with Crippen molar-refractivity contribution in [3.05, 3.63) is 40.4 Å². The molecule has 0 aliphatic carbocycles. The molecule has 0 unspecified atom stereocenters. The van der Waals surface area contributed by atoms with E-state index in [0.29, 0.717) is 11.0 Å². The molecular weight excluding hydrogens is 287 g/mol. The van der Waals surface area contributed by atoms with Gasteiger partial charge in [-0.3, -0.25) is 0 Å². The molecule has 17 heavy (non-hydrogen) atoms. The Bertz CT molecular complexity index is 512. The Labute approximate surface area is 107 Å². The van der Waals surface area contributed by atoms with Crippen LogP contribution in [0.15, 0.2) is 28.9 Å². The summed E-state index contributed by atoms with van der Waals surface area (Å²) in [6, 6.07) is 4.72. The van der Waals surface area contributed by atoms with Crippen molar-refractivity contribution in [1.29, 1.82) is 0 Å². The molecule has 0 atom stereocenters. The molecule has 1 N–H and O–H groups in total. The number of benzene rings is 1. The van der Waals surface area contributed by atoms with Crippen molar-refractivity contribution in [1.82, 2.24) is 20.3 Å². The first-order chi connectivity index (χ1) is 8.20. The summed E-state index contributed by atoms with van der Waals surface area (Å²) in [6.07, 6.45) is 1.82. The number of hydrogen-bond donors (Lipinski definition) is 1. The lowest BCUT2D eigenvalue weighted by molar-refractivity contribution is 0.620. The van der Waals surface area contributed by atoms with Crippen LogP contribution >= 0.6 is 15.9 Å². The summed E-state index contributed by atoms with van der Waals surface area (Å²) in [5.74, 6) is -0.290. The van der Waals surface area contributed by atoms with Crippen LogP contribution in [0.4, 0.5) is 4.39 Å². The fraction of sp³-hybridized carbons (Fsp3) is 0.273. The summed E-state index contributed by atoms with van der Waals surface area (Å²) < 4.78 is 15.1. The molecule has 6 heteroatoms. The molecule has 0 saturated heterocycles. The van der Waals surface area contributed by atoms with E-state index in [0.717, 1.165) is 17.9 Å². The van der Waals surface area contributed by atoms with Crippen LogP contribution in [0, 0.1) is 5.82 Å². The summed E-state index contributed by atoms with van der Waals surface area (Å²) in [7, 11) is 0. The number of halogens is 2. The molecule has 0 radical (unpaired) electrons. The van der Waals surface area contributed by atoms with E-state index in [9.17, 15) is 4.39 Å². The van der Waals surface area contributed by atoms with Gasteiger partial charge in [0.05, 0.1) is 22.1 Å². The first kappa shape index (κ1) is 12.2. The van der Waals surface area contributed by atoms with Gasteiger partial charge in [0.15, 0.2) is 0 Å². The number of aromatic nitrogens is 3. The normalized spacial score (nSPS) is 10.8. The zero-order chi connectivity index (χ0) is 12.3. The molecule has 0 aliphatic heterocycles. The molecule has 1 aromatic heterocycles. The van der Waals surface area contributed by atoms with Gasteiger partial charge in [-0.15, -0.1) is 5.10 Å². The van der Waals surface area contributed by atoms with Crippen LogP contribution in [0.2, 0.25) is 0 Å². The molecule has 0 aliphatic rings. The molecule has 0 bridgehead atoms. The van der Waals surface area contributed by atoms with Gasteiger partial charge < -0.3 is 5.32 Å². The molecule has 0 amide bonds. The largest absolute Gasteiger partial charge is 0.311 e. The van der Waals surface area contributed by atoms with Crippen LogP contribution in [-0.2, 0) is 6.54 Å². The van der Waals surface area contributed by atoms with Crippen LogP contribution in [-0.4, -0.2) is 21.5 Å². The second kappa shape index (κ2) is 5.37. The predicted octanol–water partition coefficient (Wildman–Crippen LogP) is 2.28. The topological polar surface area (TPSA) is 42.7 Å². The lowest BCUT2D eigenvalue weighted by Gasteiger charge is -2.01. The molecular formula is C11H12BrFN4. The van der Waals surface area contributed by atoms with Crippen LogP contribution in [0.25, 0.3) is 5.69 Å². The van der Waals surface area contributed by atoms with Crippen molar-refractivity contribution < 1.29 is 4.39 Å². The number of nitrogens with one attached hydrogen (secondary N) is 1. The van der Waals surface area contributed by atoms with Crippen molar-refractivity contribution >= 4 is 15.9 Å². The van der Waals surface area contributed by atoms with Gasteiger partial charge in [0.25, 0.3) is 0 Å². The van der Waals surface area contributed by atoms with E-state index in [2.05, 4.69) is 31.6 Å².